The highest BCUT2D eigenvalue weighted by molar-refractivity contribution is 6.04. The van der Waals surface area contributed by atoms with E-state index in [2.05, 4.69) is 15.3 Å². The average Bonchev–Trinajstić information content (AvgIpc) is 3.40. The van der Waals surface area contributed by atoms with Crippen molar-refractivity contribution in [3.8, 4) is 11.5 Å². The van der Waals surface area contributed by atoms with Crippen molar-refractivity contribution in [2.75, 3.05) is 38.7 Å². The van der Waals surface area contributed by atoms with E-state index in [1.165, 1.54) is 17.9 Å². The molecule has 2 heterocycles. The van der Waals surface area contributed by atoms with E-state index in [0.717, 1.165) is 36.5 Å². The fourth-order valence-corrected chi connectivity index (χ4v) is 4.43. The van der Waals surface area contributed by atoms with E-state index in [1.54, 1.807) is 19.2 Å². The molecule has 1 fully saturated rings. The van der Waals surface area contributed by atoms with Crippen molar-refractivity contribution in [1.82, 2.24) is 9.91 Å². The van der Waals surface area contributed by atoms with Crippen LogP contribution in [-0.4, -0.2) is 67.1 Å². The number of ether oxygens (including phenoxy) is 3. The van der Waals surface area contributed by atoms with E-state index in [-0.39, 0.29) is 12.0 Å². The number of amides is 2. The van der Waals surface area contributed by atoms with Gasteiger partial charge in [-0.25, -0.2) is 9.80 Å². The van der Waals surface area contributed by atoms with Gasteiger partial charge in [0, 0.05) is 30.6 Å². The van der Waals surface area contributed by atoms with Crippen LogP contribution < -0.4 is 14.8 Å². The van der Waals surface area contributed by atoms with Gasteiger partial charge in [0.15, 0.2) is 11.5 Å². The predicted octanol–water partition coefficient (Wildman–Crippen LogP) is 4.65. The SMILES string of the molecule is COc1ccc(C2=NN(Cc3ccc(NC(=O)OCCN4CCCC4)cc3)C(=O)CC2)cc1OC(C)C. The van der Waals surface area contributed by atoms with E-state index in [1.807, 2.05) is 44.2 Å². The Hall–Kier alpha value is -3.59. The van der Waals surface area contributed by atoms with E-state index in [0.29, 0.717) is 43.2 Å². The molecule has 0 aromatic heterocycles. The summed E-state index contributed by atoms with van der Waals surface area (Å²) in [7, 11) is 1.61. The van der Waals surface area contributed by atoms with Crippen LogP contribution in [0.2, 0.25) is 0 Å². The van der Waals surface area contributed by atoms with Gasteiger partial charge in [-0.05, 0) is 75.7 Å². The molecule has 2 amide bonds. The van der Waals surface area contributed by atoms with E-state index >= 15 is 0 Å². The zero-order valence-corrected chi connectivity index (χ0v) is 21.9. The van der Waals surface area contributed by atoms with Crippen LogP contribution in [-0.2, 0) is 16.1 Å². The lowest BCUT2D eigenvalue weighted by Crippen LogP contribution is -2.31. The number of benzene rings is 2. The van der Waals surface area contributed by atoms with Crippen LogP contribution in [0.5, 0.6) is 11.5 Å². The van der Waals surface area contributed by atoms with Crippen LogP contribution >= 0.6 is 0 Å². The third-order valence-electron chi connectivity index (χ3n) is 6.34. The van der Waals surface area contributed by atoms with Gasteiger partial charge in [0.1, 0.15) is 6.61 Å². The van der Waals surface area contributed by atoms with Gasteiger partial charge in [-0.3, -0.25) is 15.0 Å². The fraction of sp³-hybridized carbons (Fsp3) is 0.464. The highest BCUT2D eigenvalue weighted by Crippen LogP contribution is 2.30. The molecule has 2 aliphatic heterocycles. The standard InChI is InChI=1S/C28H36N4O5/c1-20(2)37-26-18-22(8-12-25(26)35-3)24-11-13-27(33)32(30-24)19-21-6-9-23(10-7-21)29-28(34)36-17-16-31-14-4-5-15-31/h6-10,12,18,20H,4-5,11,13-17,19H2,1-3H3,(H,29,34). The molecule has 0 bridgehead atoms. The maximum atomic E-state index is 12.6. The minimum Gasteiger partial charge on any atom is -0.493 e. The molecule has 0 saturated carbocycles. The molecule has 4 rings (SSSR count). The van der Waals surface area contributed by atoms with Crippen molar-refractivity contribution in [2.24, 2.45) is 5.10 Å². The Morgan fingerprint density at radius 2 is 1.81 bits per heavy atom. The highest BCUT2D eigenvalue weighted by Gasteiger charge is 2.22. The number of carbonyl (C=O) groups excluding carboxylic acids is 2. The molecule has 9 nitrogen and oxygen atoms in total. The number of methoxy groups -OCH3 is 1. The van der Waals surface area contributed by atoms with Gasteiger partial charge in [0.25, 0.3) is 0 Å². The summed E-state index contributed by atoms with van der Waals surface area (Å²) >= 11 is 0. The van der Waals surface area contributed by atoms with Gasteiger partial charge >= 0.3 is 6.09 Å². The summed E-state index contributed by atoms with van der Waals surface area (Å²) in [5.41, 5.74) is 3.27. The first kappa shape index (κ1) is 26.5. The van der Waals surface area contributed by atoms with Crippen LogP contribution in [0.15, 0.2) is 47.6 Å². The average molecular weight is 509 g/mol. The van der Waals surface area contributed by atoms with Crippen LogP contribution in [0, 0.1) is 0 Å². The van der Waals surface area contributed by atoms with Gasteiger partial charge in [-0.15, -0.1) is 0 Å². The lowest BCUT2D eigenvalue weighted by molar-refractivity contribution is -0.132. The monoisotopic (exact) mass is 508 g/mol. The van der Waals surface area contributed by atoms with Gasteiger partial charge in [0.2, 0.25) is 5.91 Å². The molecule has 2 aromatic carbocycles. The maximum Gasteiger partial charge on any atom is 0.411 e. The number of carbonyl (C=O) groups is 2. The fourth-order valence-electron chi connectivity index (χ4n) is 4.43. The molecule has 0 aliphatic carbocycles. The predicted molar refractivity (Wildman–Crippen MR) is 142 cm³/mol. The summed E-state index contributed by atoms with van der Waals surface area (Å²) in [4.78, 5) is 27.0. The lowest BCUT2D eigenvalue weighted by atomic mass is 10.0. The molecule has 1 saturated heterocycles. The summed E-state index contributed by atoms with van der Waals surface area (Å²) in [6, 6.07) is 13.1. The van der Waals surface area contributed by atoms with Crippen molar-refractivity contribution in [3.05, 3.63) is 53.6 Å². The first-order valence-electron chi connectivity index (χ1n) is 12.9. The van der Waals surface area contributed by atoms with Crippen LogP contribution in [0.1, 0.15) is 50.7 Å². The van der Waals surface area contributed by atoms with Crippen LogP contribution in [0.3, 0.4) is 0 Å². The second-order valence-electron chi connectivity index (χ2n) is 9.54. The minimum absolute atomic E-state index is 0.00441. The highest BCUT2D eigenvalue weighted by atomic mass is 16.5. The number of rotatable bonds is 10. The lowest BCUT2D eigenvalue weighted by Gasteiger charge is -2.24. The number of hydrogen-bond acceptors (Lipinski definition) is 7. The molecule has 0 spiro atoms. The Morgan fingerprint density at radius 3 is 2.51 bits per heavy atom. The van der Waals surface area contributed by atoms with Crippen LogP contribution in [0.25, 0.3) is 0 Å². The van der Waals surface area contributed by atoms with Gasteiger partial charge < -0.3 is 14.2 Å². The molecular formula is C28H36N4O5. The molecule has 0 radical (unpaired) electrons. The first-order chi connectivity index (χ1) is 17.9. The topological polar surface area (TPSA) is 92.7 Å². The van der Waals surface area contributed by atoms with Crippen molar-refractivity contribution >= 4 is 23.4 Å². The van der Waals surface area contributed by atoms with Gasteiger partial charge in [-0.2, -0.15) is 5.10 Å². The largest absolute Gasteiger partial charge is 0.493 e. The van der Waals surface area contributed by atoms with Crippen LogP contribution in [0.4, 0.5) is 10.5 Å². The summed E-state index contributed by atoms with van der Waals surface area (Å²) in [6.07, 6.45) is 2.91. The zero-order chi connectivity index (χ0) is 26.2. The first-order valence-corrected chi connectivity index (χ1v) is 12.9. The number of nitrogens with one attached hydrogen (secondary N) is 1. The number of likely N-dealkylation sites (tertiary alicyclic amines) is 1. The molecule has 9 heteroatoms. The summed E-state index contributed by atoms with van der Waals surface area (Å²) < 4.78 is 16.6. The Morgan fingerprint density at radius 1 is 1.05 bits per heavy atom. The molecule has 37 heavy (non-hydrogen) atoms. The summed E-state index contributed by atoms with van der Waals surface area (Å²) in [5, 5.41) is 8.91. The number of hydrazone groups is 1. The summed E-state index contributed by atoms with van der Waals surface area (Å²) in [6.45, 7) is 7.56. The quantitative estimate of drug-likeness (QED) is 0.502. The van der Waals surface area contributed by atoms with Gasteiger partial charge in [0.05, 0.1) is 25.5 Å². The van der Waals surface area contributed by atoms with Gasteiger partial charge in [-0.1, -0.05) is 12.1 Å². The van der Waals surface area contributed by atoms with E-state index in [9.17, 15) is 9.59 Å². The number of anilines is 1. The maximum absolute atomic E-state index is 12.6. The Labute approximate surface area is 218 Å². The molecule has 198 valence electrons. The smallest absolute Gasteiger partial charge is 0.411 e. The molecular weight excluding hydrogens is 472 g/mol. The number of hydrogen-bond donors (Lipinski definition) is 1. The third-order valence-corrected chi connectivity index (χ3v) is 6.34. The normalized spacial score (nSPS) is 16.1. The molecule has 1 N–H and O–H groups in total. The third kappa shape index (κ3) is 7.45. The van der Waals surface area contributed by atoms with Crippen molar-refractivity contribution in [2.45, 2.75) is 52.2 Å². The minimum atomic E-state index is -0.465. The Kier molecular flexibility index (Phi) is 9.00. The molecule has 0 unspecified atom stereocenters. The molecule has 2 aromatic rings. The van der Waals surface area contributed by atoms with Crippen molar-refractivity contribution in [3.63, 3.8) is 0 Å². The zero-order valence-electron chi connectivity index (χ0n) is 21.9. The van der Waals surface area contributed by atoms with E-state index in [4.69, 9.17) is 14.2 Å². The summed E-state index contributed by atoms with van der Waals surface area (Å²) in [5.74, 6) is 1.28. The van der Waals surface area contributed by atoms with Crippen molar-refractivity contribution < 1.29 is 23.8 Å². The Bertz CT molecular complexity index is 1110. The Balaban J connectivity index is 1.35. The van der Waals surface area contributed by atoms with E-state index < -0.39 is 6.09 Å². The second kappa shape index (κ2) is 12.6. The number of nitrogens with zero attached hydrogens (tertiary/aromatic N) is 3. The molecule has 0 atom stereocenters. The second-order valence-corrected chi connectivity index (χ2v) is 9.54. The molecule has 2 aliphatic rings. The van der Waals surface area contributed by atoms with Crippen molar-refractivity contribution in [1.29, 1.82) is 0 Å².